The maximum Gasteiger partial charge on any atom is 0.261 e. The third-order valence-electron chi connectivity index (χ3n) is 4.89. The first-order valence-electron chi connectivity index (χ1n) is 10.3. The summed E-state index contributed by atoms with van der Waals surface area (Å²) in [5.41, 5.74) is 0.966. The minimum atomic E-state index is -3.81. The molecule has 0 bridgehead atoms. The van der Waals surface area contributed by atoms with E-state index >= 15 is 0 Å². The fraction of sp³-hybridized carbons (Fsp3) is 0.0800. The molecule has 1 N–H and O–H groups in total. The summed E-state index contributed by atoms with van der Waals surface area (Å²) in [6.45, 7) is 0.559. The van der Waals surface area contributed by atoms with Crippen LogP contribution in [0.4, 0.5) is 5.69 Å². The first kappa shape index (κ1) is 23.4. The second-order valence-electron chi connectivity index (χ2n) is 7.34. The van der Waals surface area contributed by atoms with E-state index in [0.29, 0.717) is 27.8 Å². The van der Waals surface area contributed by atoms with Crippen molar-refractivity contribution in [2.24, 2.45) is 0 Å². The van der Waals surface area contributed by atoms with Crippen LogP contribution in [0.3, 0.4) is 0 Å². The maximum atomic E-state index is 12.9. The number of furan rings is 2. The standard InChI is InChI=1S/C25H21ClN2O5S/c26-23-7-1-2-8-24(23)27-34(30,31)22-12-9-19(10-13-22)11-14-25(29)28(17-20-5-3-15-32-20)18-21-6-4-16-33-21/h1-16,27H,17-18H2/b14-11+. The van der Waals surface area contributed by atoms with Crippen LogP contribution < -0.4 is 4.72 Å². The smallest absolute Gasteiger partial charge is 0.261 e. The molecule has 4 aromatic rings. The summed E-state index contributed by atoms with van der Waals surface area (Å²) in [4.78, 5) is 14.5. The van der Waals surface area contributed by atoms with Gasteiger partial charge in [0.05, 0.1) is 41.2 Å². The van der Waals surface area contributed by atoms with Crippen molar-refractivity contribution in [1.29, 1.82) is 0 Å². The van der Waals surface area contributed by atoms with Crippen LogP contribution in [-0.4, -0.2) is 19.2 Å². The van der Waals surface area contributed by atoms with Crippen LogP contribution in [0.15, 0.2) is 105 Å². The van der Waals surface area contributed by atoms with Crippen LogP contribution in [0.25, 0.3) is 6.08 Å². The van der Waals surface area contributed by atoms with Crippen LogP contribution in [0.5, 0.6) is 0 Å². The molecule has 2 aromatic carbocycles. The Balaban J connectivity index is 1.45. The van der Waals surface area contributed by atoms with Crippen LogP contribution in [0.2, 0.25) is 5.02 Å². The van der Waals surface area contributed by atoms with Crippen molar-refractivity contribution < 1.29 is 22.0 Å². The number of nitrogens with one attached hydrogen (secondary N) is 1. The van der Waals surface area contributed by atoms with Crippen molar-refractivity contribution >= 4 is 39.3 Å². The number of carbonyl (C=O) groups is 1. The molecule has 0 spiro atoms. The number of benzene rings is 2. The minimum absolute atomic E-state index is 0.0770. The fourth-order valence-electron chi connectivity index (χ4n) is 3.17. The lowest BCUT2D eigenvalue weighted by Crippen LogP contribution is -2.28. The average molecular weight is 497 g/mol. The molecule has 0 aliphatic carbocycles. The number of nitrogens with zero attached hydrogens (tertiary/aromatic N) is 1. The molecule has 0 aliphatic heterocycles. The summed E-state index contributed by atoms with van der Waals surface area (Å²) in [5.74, 6) is 1.05. The molecule has 1 amide bonds. The number of sulfonamides is 1. The molecule has 174 valence electrons. The number of carbonyl (C=O) groups excluding carboxylic acids is 1. The van der Waals surface area contributed by atoms with Gasteiger partial charge >= 0.3 is 0 Å². The zero-order valence-corrected chi connectivity index (χ0v) is 19.5. The third kappa shape index (κ3) is 5.98. The van der Waals surface area contributed by atoms with Crippen molar-refractivity contribution in [2.45, 2.75) is 18.0 Å². The van der Waals surface area contributed by atoms with E-state index in [4.69, 9.17) is 20.4 Å². The molecule has 7 nitrogen and oxygen atoms in total. The quantitative estimate of drug-likeness (QED) is 0.306. The molecular weight excluding hydrogens is 476 g/mol. The number of anilines is 1. The lowest BCUT2D eigenvalue weighted by molar-refractivity contribution is -0.127. The number of halogens is 1. The zero-order valence-electron chi connectivity index (χ0n) is 17.9. The van der Waals surface area contributed by atoms with Crippen molar-refractivity contribution in [3.8, 4) is 0 Å². The van der Waals surface area contributed by atoms with Gasteiger partial charge in [0.1, 0.15) is 11.5 Å². The SMILES string of the molecule is O=C(/C=C/c1ccc(S(=O)(=O)Nc2ccccc2Cl)cc1)N(Cc1ccco1)Cc1ccco1. The van der Waals surface area contributed by atoms with Gasteiger partial charge in [-0.1, -0.05) is 35.9 Å². The number of hydrogen-bond acceptors (Lipinski definition) is 5. The van der Waals surface area contributed by atoms with Gasteiger partial charge in [-0.25, -0.2) is 8.42 Å². The Kier molecular flexibility index (Phi) is 7.20. The Labute approximate surface area is 202 Å². The molecule has 0 fully saturated rings. The summed E-state index contributed by atoms with van der Waals surface area (Å²) in [6, 6.07) is 19.9. The third-order valence-corrected chi connectivity index (χ3v) is 6.60. The maximum absolute atomic E-state index is 12.9. The van der Waals surface area contributed by atoms with Gasteiger partial charge in [-0.15, -0.1) is 0 Å². The van der Waals surface area contributed by atoms with Crippen molar-refractivity contribution in [2.75, 3.05) is 4.72 Å². The summed E-state index contributed by atoms with van der Waals surface area (Å²) < 4.78 is 38.5. The van der Waals surface area contributed by atoms with Gasteiger partial charge in [0.2, 0.25) is 5.91 Å². The molecule has 4 rings (SSSR count). The van der Waals surface area contributed by atoms with E-state index < -0.39 is 10.0 Å². The summed E-state index contributed by atoms with van der Waals surface area (Å²) in [7, 11) is -3.81. The van der Waals surface area contributed by atoms with E-state index in [2.05, 4.69) is 4.72 Å². The average Bonchev–Trinajstić information content (AvgIpc) is 3.53. The van der Waals surface area contributed by atoms with Crippen molar-refractivity contribution in [1.82, 2.24) is 4.90 Å². The molecule has 0 radical (unpaired) electrons. The van der Waals surface area contributed by atoms with Crippen LogP contribution in [0, 0.1) is 0 Å². The van der Waals surface area contributed by atoms with Gasteiger partial charge < -0.3 is 13.7 Å². The number of rotatable bonds is 9. The van der Waals surface area contributed by atoms with Crippen molar-refractivity contribution in [3.63, 3.8) is 0 Å². The number of hydrogen-bond donors (Lipinski definition) is 1. The van der Waals surface area contributed by atoms with Crippen LogP contribution in [-0.2, 0) is 27.9 Å². The highest BCUT2D eigenvalue weighted by Crippen LogP contribution is 2.24. The van der Waals surface area contributed by atoms with Gasteiger partial charge in [-0.3, -0.25) is 9.52 Å². The Bertz CT molecular complexity index is 1330. The van der Waals surface area contributed by atoms with Gasteiger partial charge in [0, 0.05) is 6.08 Å². The molecule has 0 aliphatic rings. The second kappa shape index (κ2) is 10.5. The highest BCUT2D eigenvalue weighted by molar-refractivity contribution is 7.92. The van der Waals surface area contributed by atoms with E-state index in [1.165, 1.54) is 18.2 Å². The lowest BCUT2D eigenvalue weighted by Gasteiger charge is -2.18. The van der Waals surface area contributed by atoms with E-state index in [-0.39, 0.29) is 23.9 Å². The topological polar surface area (TPSA) is 92.8 Å². The zero-order chi connectivity index (χ0) is 24.0. The Morgan fingerprint density at radius 2 is 1.50 bits per heavy atom. The first-order chi connectivity index (χ1) is 16.4. The van der Waals surface area contributed by atoms with E-state index in [9.17, 15) is 13.2 Å². The molecule has 2 heterocycles. The van der Waals surface area contributed by atoms with E-state index in [1.54, 1.807) is 84.2 Å². The molecule has 2 aromatic heterocycles. The second-order valence-corrected chi connectivity index (χ2v) is 9.43. The Hall–Kier alpha value is -3.75. The monoisotopic (exact) mass is 496 g/mol. The molecule has 0 saturated carbocycles. The van der Waals surface area contributed by atoms with Gasteiger partial charge in [-0.05, 0) is 60.2 Å². The molecule has 9 heteroatoms. The molecule has 0 unspecified atom stereocenters. The largest absolute Gasteiger partial charge is 0.467 e. The summed E-state index contributed by atoms with van der Waals surface area (Å²) in [6.07, 6.45) is 6.16. The summed E-state index contributed by atoms with van der Waals surface area (Å²) in [5, 5.41) is 0.304. The van der Waals surface area contributed by atoms with Gasteiger partial charge in [0.15, 0.2) is 0 Å². The Morgan fingerprint density at radius 1 is 0.882 bits per heavy atom. The van der Waals surface area contributed by atoms with Crippen LogP contribution in [0.1, 0.15) is 17.1 Å². The lowest BCUT2D eigenvalue weighted by atomic mass is 10.2. The van der Waals surface area contributed by atoms with Gasteiger partial charge in [-0.2, -0.15) is 0 Å². The predicted molar refractivity (Wildman–Crippen MR) is 129 cm³/mol. The van der Waals surface area contributed by atoms with Crippen molar-refractivity contribution in [3.05, 3.63) is 114 Å². The van der Waals surface area contributed by atoms with Crippen LogP contribution >= 0.6 is 11.6 Å². The molecule has 0 saturated heterocycles. The minimum Gasteiger partial charge on any atom is -0.467 e. The predicted octanol–water partition coefficient (Wildman–Crippen LogP) is 5.57. The Morgan fingerprint density at radius 3 is 2.06 bits per heavy atom. The summed E-state index contributed by atoms with van der Waals surface area (Å²) >= 11 is 6.04. The first-order valence-corrected chi connectivity index (χ1v) is 12.2. The van der Waals surface area contributed by atoms with Gasteiger partial charge in [0.25, 0.3) is 10.0 Å². The number of amides is 1. The number of para-hydroxylation sites is 1. The normalized spacial score (nSPS) is 11.6. The molecule has 0 atom stereocenters. The highest BCUT2D eigenvalue weighted by atomic mass is 35.5. The van der Waals surface area contributed by atoms with E-state index in [0.717, 1.165) is 0 Å². The van der Waals surface area contributed by atoms with E-state index in [1.807, 2.05) is 0 Å². The highest BCUT2D eigenvalue weighted by Gasteiger charge is 2.17. The fourth-order valence-corrected chi connectivity index (χ4v) is 4.49. The molecule has 34 heavy (non-hydrogen) atoms. The molecular formula is C25H21ClN2O5S.